The number of nitrogens with zero attached hydrogens (tertiary/aromatic N) is 3. The molecule has 1 atom stereocenters. The standard InChI is InChI=1S/C15H21F6N5S/c1-2-22-13(24-6-12-25-11(8-27-12)15(19,20)21)23-5-10-3-4-26(7-10)9-14(16,17)18/h8,10H,2-7,9H2,1H3,(H2,22,23,24). The fourth-order valence-corrected chi connectivity index (χ4v) is 3.44. The van der Waals surface area contributed by atoms with Crippen LogP contribution < -0.4 is 10.6 Å². The molecule has 1 aliphatic rings. The van der Waals surface area contributed by atoms with Gasteiger partial charge in [0, 0.05) is 25.0 Å². The molecule has 0 bridgehead atoms. The van der Waals surface area contributed by atoms with Crippen molar-refractivity contribution in [3.05, 3.63) is 16.1 Å². The van der Waals surface area contributed by atoms with E-state index in [0.717, 1.165) is 16.7 Å². The van der Waals surface area contributed by atoms with Gasteiger partial charge in [0.25, 0.3) is 0 Å². The van der Waals surface area contributed by atoms with Gasteiger partial charge in [-0.2, -0.15) is 26.3 Å². The molecule has 0 radical (unpaired) electrons. The zero-order valence-electron chi connectivity index (χ0n) is 14.6. The largest absolute Gasteiger partial charge is 0.434 e. The summed E-state index contributed by atoms with van der Waals surface area (Å²) in [6.07, 6.45) is -8.04. The first kappa shape index (κ1) is 21.7. The average molecular weight is 417 g/mol. The number of halogens is 6. The van der Waals surface area contributed by atoms with Gasteiger partial charge < -0.3 is 10.6 Å². The third-order valence-corrected chi connectivity index (χ3v) is 4.72. The molecule has 1 fully saturated rings. The van der Waals surface area contributed by atoms with E-state index in [1.165, 1.54) is 4.90 Å². The monoisotopic (exact) mass is 417 g/mol. The highest BCUT2D eigenvalue weighted by molar-refractivity contribution is 7.09. The third-order valence-electron chi connectivity index (χ3n) is 3.89. The van der Waals surface area contributed by atoms with Crippen molar-refractivity contribution >= 4 is 17.3 Å². The molecule has 154 valence electrons. The van der Waals surface area contributed by atoms with Crippen LogP contribution in [0.3, 0.4) is 0 Å². The Balaban J connectivity index is 1.84. The van der Waals surface area contributed by atoms with Gasteiger partial charge in [-0.15, -0.1) is 11.3 Å². The summed E-state index contributed by atoms with van der Waals surface area (Å²) in [4.78, 5) is 9.08. The van der Waals surface area contributed by atoms with Crippen molar-refractivity contribution < 1.29 is 26.3 Å². The van der Waals surface area contributed by atoms with Crippen LogP contribution in [0.25, 0.3) is 0 Å². The van der Waals surface area contributed by atoms with Crippen molar-refractivity contribution in [3.63, 3.8) is 0 Å². The van der Waals surface area contributed by atoms with E-state index >= 15 is 0 Å². The van der Waals surface area contributed by atoms with Crippen molar-refractivity contribution in [2.24, 2.45) is 10.9 Å². The van der Waals surface area contributed by atoms with Crippen LogP contribution in [-0.4, -0.2) is 54.7 Å². The van der Waals surface area contributed by atoms with Crippen molar-refractivity contribution in [1.29, 1.82) is 0 Å². The van der Waals surface area contributed by atoms with Crippen molar-refractivity contribution in [2.75, 3.05) is 32.7 Å². The van der Waals surface area contributed by atoms with Crippen molar-refractivity contribution in [2.45, 2.75) is 32.2 Å². The minimum Gasteiger partial charge on any atom is -0.357 e. The van der Waals surface area contributed by atoms with Crippen molar-refractivity contribution in [1.82, 2.24) is 20.5 Å². The fourth-order valence-electron chi connectivity index (χ4n) is 2.72. The number of hydrogen-bond acceptors (Lipinski definition) is 4. The summed E-state index contributed by atoms with van der Waals surface area (Å²) in [5.74, 6) is 0.448. The maximum Gasteiger partial charge on any atom is 0.434 e. The van der Waals surface area contributed by atoms with Crippen LogP contribution in [0, 0.1) is 5.92 Å². The second-order valence-corrected chi connectivity index (χ2v) is 7.15. The van der Waals surface area contributed by atoms with Crippen LogP contribution in [0.4, 0.5) is 26.3 Å². The lowest BCUT2D eigenvalue weighted by Gasteiger charge is -2.18. The molecular weight excluding hydrogens is 396 g/mol. The van der Waals surface area contributed by atoms with Crippen molar-refractivity contribution in [3.8, 4) is 0 Å². The van der Waals surface area contributed by atoms with E-state index in [4.69, 9.17) is 0 Å². The van der Waals surface area contributed by atoms with Gasteiger partial charge in [0.1, 0.15) is 5.01 Å². The lowest BCUT2D eigenvalue weighted by molar-refractivity contribution is -0.144. The molecule has 1 aromatic heterocycles. The summed E-state index contributed by atoms with van der Waals surface area (Å²) >= 11 is 0.878. The highest BCUT2D eigenvalue weighted by Gasteiger charge is 2.34. The van der Waals surface area contributed by atoms with E-state index in [9.17, 15) is 26.3 Å². The molecule has 1 saturated heterocycles. The van der Waals surface area contributed by atoms with E-state index in [1.54, 1.807) is 0 Å². The van der Waals surface area contributed by atoms with Crippen LogP contribution in [0.15, 0.2) is 10.4 Å². The second kappa shape index (κ2) is 9.09. The van der Waals surface area contributed by atoms with Gasteiger partial charge in [-0.1, -0.05) is 0 Å². The van der Waals surface area contributed by atoms with E-state index < -0.39 is 24.6 Å². The Bertz CT molecular complexity index is 627. The molecular formula is C15H21F6N5S. The highest BCUT2D eigenvalue weighted by Crippen LogP contribution is 2.30. The Morgan fingerprint density at radius 3 is 2.63 bits per heavy atom. The lowest BCUT2D eigenvalue weighted by atomic mass is 10.1. The highest BCUT2D eigenvalue weighted by atomic mass is 32.1. The molecule has 5 nitrogen and oxygen atoms in total. The van der Waals surface area contributed by atoms with Gasteiger partial charge in [-0.25, -0.2) is 9.98 Å². The number of rotatable bonds is 6. The fraction of sp³-hybridized carbons (Fsp3) is 0.733. The molecule has 2 N–H and O–H groups in total. The number of hydrogen-bond donors (Lipinski definition) is 2. The number of aliphatic imine (C=N–C) groups is 1. The van der Waals surface area contributed by atoms with E-state index in [1.807, 2.05) is 6.92 Å². The first-order chi connectivity index (χ1) is 12.6. The quantitative estimate of drug-likeness (QED) is 0.424. The number of guanidine groups is 1. The number of alkyl halides is 6. The first-order valence-electron chi connectivity index (χ1n) is 8.39. The molecule has 0 saturated carbocycles. The molecule has 2 rings (SSSR count). The summed E-state index contributed by atoms with van der Waals surface area (Å²) in [5.41, 5.74) is -0.939. The molecule has 0 aromatic carbocycles. The van der Waals surface area contributed by atoms with E-state index in [0.29, 0.717) is 38.6 Å². The van der Waals surface area contributed by atoms with Crippen LogP contribution in [0.5, 0.6) is 0 Å². The first-order valence-corrected chi connectivity index (χ1v) is 9.27. The van der Waals surface area contributed by atoms with Gasteiger partial charge in [0.15, 0.2) is 11.7 Å². The van der Waals surface area contributed by atoms with Crippen LogP contribution >= 0.6 is 11.3 Å². The predicted octanol–water partition coefficient (Wildman–Crippen LogP) is 3.10. The number of aromatic nitrogens is 1. The molecule has 0 amide bonds. The number of thiazole rings is 1. The molecule has 0 aliphatic carbocycles. The zero-order chi connectivity index (χ0) is 20.1. The van der Waals surface area contributed by atoms with Crippen LogP contribution in [0.2, 0.25) is 0 Å². The number of nitrogens with one attached hydrogen (secondary N) is 2. The van der Waals surface area contributed by atoms with Crippen LogP contribution in [0.1, 0.15) is 24.0 Å². The van der Waals surface area contributed by atoms with Gasteiger partial charge >= 0.3 is 12.4 Å². The molecule has 1 aliphatic heterocycles. The number of likely N-dealkylation sites (tertiary alicyclic amines) is 1. The summed E-state index contributed by atoms with van der Waals surface area (Å²) < 4.78 is 74.9. The smallest absolute Gasteiger partial charge is 0.357 e. The zero-order valence-corrected chi connectivity index (χ0v) is 15.4. The SMILES string of the molecule is CCNC(=NCc1nc(C(F)(F)F)cs1)NCC1CCN(CC(F)(F)F)C1. The predicted molar refractivity (Wildman–Crippen MR) is 90.5 cm³/mol. The van der Waals surface area contributed by atoms with Crippen LogP contribution in [-0.2, 0) is 12.7 Å². The van der Waals surface area contributed by atoms with E-state index in [2.05, 4.69) is 20.6 Å². The van der Waals surface area contributed by atoms with Gasteiger partial charge in [0.05, 0.1) is 13.1 Å². The minimum atomic E-state index is -4.48. The maximum atomic E-state index is 12.6. The Kier molecular flexibility index (Phi) is 7.32. The maximum absolute atomic E-state index is 12.6. The topological polar surface area (TPSA) is 52.6 Å². The van der Waals surface area contributed by atoms with Gasteiger partial charge in [0.2, 0.25) is 0 Å². The Labute approximate surface area is 156 Å². The Morgan fingerprint density at radius 1 is 1.30 bits per heavy atom. The summed E-state index contributed by atoms with van der Waals surface area (Å²) in [6.45, 7) is 2.62. The molecule has 27 heavy (non-hydrogen) atoms. The van der Waals surface area contributed by atoms with Gasteiger partial charge in [-0.05, 0) is 25.8 Å². The van der Waals surface area contributed by atoms with E-state index in [-0.39, 0.29) is 17.5 Å². The normalized spacial score (nSPS) is 19.5. The third kappa shape index (κ3) is 7.53. The molecule has 2 heterocycles. The molecule has 12 heteroatoms. The molecule has 1 aromatic rings. The lowest BCUT2D eigenvalue weighted by Crippen LogP contribution is -2.40. The summed E-state index contributed by atoms with van der Waals surface area (Å²) in [7, 11) is 0. The average Bonchev–Trinajstić information content (AvgIpc) is 3.17. The second-order valence-electron chi connectivity index (χ2n) is 6.21. The Hall–Kier alpha value is -1.56. The van der Waals surface area contributed by atoms with Gasteiger partial charge in [-0.3, -0.25) is 4.90 Å². The summed E-state index contributed by atoms with van der Waals surface area (Å²) in [5, 5.41) is 7.18. The minimum absolute atomic E-state index is 0.0130. The summed E-state index contributed by atoms with van der Waals surface area (Å²) in [6, 6.07) is 0. The molecule has 1 unspecified atom stereocenters. The molecule has 0 spiro atoms. The Morgan fingerprint density at radius 2 is 2.04 bits per heavy atom.